The lowest BCUT2D eigenvalue weighted by molar-refractivity contribution is -0.148. The fourth-order valence-electron chi connectivity index (χ4n) is 1.99. The maximum Gasteiger partial charge on any atom is 0.401 e. The number of aliphatic hydroxyl groups excluding tert-OH is 1. The lowest BCUT2D eigenvalue weighted by Gasteiger charge is -2.26. The Kier molecular flexibility index (Phi) is 3.78. The van der Waals surface area contributed by atoms with Crippen LogP contribution < -0.4 is 0 Å². The Morgan fingerprint density at radius 3 is 2.64 bits per heavy atom. The summed E-state index contributed by atoms with van der Waals surface area (Å²) in [5.74, 6) is 0. The molecule has 0 radical (unpaired) electrons. The van der Waals surface area contributed by atoms with Crippen LogP contribution >= 0.6 is 0 Å². The van der Waals surface area contributed by atoms with Crippen LogP contribution in [-0.2, 0) is 0 Å². The first-order valence-corrected chi connectivity index (χ1v) is 4.87. The molecule has 0 spiro atoms. The van der Waals surface area contributed by atoms with Gasteiger partial charge in [-0.3, -0.25) is 4.90 Å². The standard InChI is InChI=1S/C9H16F3NO/c1-7(14)5-8-3-2-4-13(8)6-9(10,11)12/h7-8,14H,2-6H2,1H3. The minimum atomic E-state index is -4.12. The van der Waals surface area contributed by atoms with E-state index < -0.39 is 18.8 Å². The molecule has 5 heteroatoms. The highest BCUT2D eigenvalue weighted by atomic mass is 19.4. The van der Waals surface area contributed by atoms with Crippen molar-refractivity contribution < 1.29 is 18.3 Å². The van der Waals surface area contributed by atoms with Crippen LogP contribution in [0.5, 0.6) is 0 Å². The van der Waals surface area contributed by atoms with E-state index >= 15 is 0 Å². The first-order chi connectivity index (χ1) is 6.38. The maximum absolute atomic E-state index is 12.1. The Balaban J connectivity index is 2.43. The molecule has 0 saturated carbocycles. The van der Waals surface area contributed by atoms with Crippen molar-refractivity contribution in [1.29, 1.82) is 0 Å². The summed E-state index contributed by atoms with van der Waals surface area (Å²) in [5, 5.41) is 9.12. The molecule has 1 saturated heterocycles. The van der Waals surface area contributed by atoms with E-state index in [0.717, 1.165) is 12.8 Å². The molecule has 2 unspecified atom stereocenters. The lowest BCUT2D eigenvalue weighted by atomic mass is 10.1. The Bertz CT molecular complexity index is 181. The van der Waals surface area contributed by atoms with E-state index in [1.165, 1.54) is 4.90 Å². The molecule has 0 aliphatic carbocycles. The molecular weight excluding hydrogens is 195 g/mol. The molecule has 0 amide bonds. The van der Waals surface area contributed by atoms with Crippen LogP contribution in [0.4, 0.5) is 13.2 Å². The summed E-state index contributed by atoms with van der Waals surface area (Å²) < 4.78 is 36.3. The molecular formula is C9H16F3NO. The van der Waals surface area contributed by atoms with E-state index in [4.69, 9.17) is 5.11 Å². The smallest absolute Gasteiger partial charge is 0.393 e. The number of aliphatic hydroxyl groups is 1. The Labute approximate surface area is 81.7 Å². The van der Waals surface area contributed by atoms with Gasteiger partial charge in [-0.2, -0.15) is 13.2 Å². The molecule has 2 nitrogen and oxygen atoms in total. The number of rotatable bonds is 3. The Morgan fingerprint density at radius 1 is 1.50 bits per heavy atom. The van der Waals surface area contributed by atoms with Gasteiger partial charge in [0.05, 0.1) is 12.6 Å². The van der Waals surface area contributed by atoms with Gasteiger partial charge in [-0.25, -0.2) is 0 Å². The highest BCUT2D eigenvalue weighted by molar-refractivity contribution is 4.81. The number of halogens is 3. The summed E-state index contributed by atoms with van der Waals surface area (Å²) in [6.45, 7) is 1.27. The molecule has 1 rings (SSSR count). The van der Waals surface area contributed by atoms with Crippen molar-refractivity contribution in [3.05, 3.63) is 0 Å². The molecule has 0 aromatic carbocycles. The first-order valence-electron chi connectivity index (χ1n) is 4.87. The van der Waals surface area contributed by atoms with Crippen molar-refractivity contribution in [2.75, 3.05) is 13.1 Å². The van der Waals surface area contributed by atoms with Crippen molar-refractivity contribution in [3.63, 3.8) is 0 Å². The van der Waals surface area contributed by atoms with Crippen LogP contribution in [0.25, 0.3) is 0 Å². The Morgan fingerprint density at radius 2 is 2.14 bits per heavy atom. The van der Waals surface area contributed by atoms with E-state index in [2.05, 4.69) is 0 Å². The van der Waals surface area contributed by atoms with E-state index in [1.807, 2.05) is 0 Å². The van der Waals surface area contributed by atoms with Gasteiger partial charge in [0, 0.05) is 6.04 Å². The summed E-state index contributed by atoms with van der Waals surface area (Å²) in [7, 11) is 0. The van der Waals surface area contributed by atoms with Gasteiger partial charge < -0.3 is 5.11 Å². The quantitative estimate of drug-likeness (QED) is 0.769. The van der Waals surface area contributed by atoms with Crippen molar-refractivity contribution in [2.24, 2.45) is 0 Å². The minimum absolute atomic E-state index is 0.100. The van der Waals surface area contributed by atoms with Gasteiger partial charge in [-0.15, -0.1) is 0 Å². The summed E-state index contributed by atoms with van der Waals surface area (Å²) in [4.78, 5) is 1.42. The third kappa shape index (κ3) is 3.84. The third-order valence-electron chi connectivity index (χ3n) is 2.49. The number of nitrogens with zero attached hydrogens (tertiary/aromatic N) is 1. The highest BCUT2D eigenvalue weighted by Crippen LogP contribution is 2.26. The molecule has 0 aromatic rings. The topological polar surface area (TPSA) is 23.5 Å². The second-order valence-electron chi connectivity index (χ2n) is 3.97. The van der Waals surface area contributed by atoms with Crippen molar-refractivity contribution in [3.8, 4) is 0 Å². The van der Waals surface area contributed by atoms with E-state index in [0.29, 0.717) is 13.0 Å². The summed E-state index contributed by atoms with van der Waals surface area (Å²) >= 11 is 0. The SMILES string of the molecule is CC(O)CC1CCCN1CC(F)(F)F. The summed E-state index contributed by atoms with van der Waals surface area (Å²) in [6, 6.07) is -0.100. The molecule has 1 aliphatic rings. The largest absolute Gasteiger partial charge is 0.401 e. The fraction of sp³-hybridized carbons (Fsp3) is 1.00. The van der Waals surface area contributed by atoms with Crippen LogP contribution in [0.3, 0.4) is 0 Å². The average molecular weight is 211 g/mol. The number of likely N-dealkylation sites (tertiary alicyclic amines) is 1. The molecule has 1 fully saturated rings. The van der Waals surface area contributed by atoms with Crippen LogP contribution in [-0.4, -0.2) is 41.4 Å². The van der Waals surface area contributed by atoms with Crippen LogP contribution in [0.2, 0.25) is 0 Å². The molecule has 1 N–H and O–H groups in total. The molecule has 1 heterocycles. The van der Waals surface area contributed by atoms with E-state index in [9.17, 15) is 13.2 Å². The second kappa shape index (κ2) is 4.49. The lowest BCUT2D eigenvalue weighted by Crippen LogP contribution is -2.39. The number of alkyl halides is 3. The molecule has 84 valence electrons. The zero-order chi connectivity index (χ0) is 10.8. The van der Waals surface area contributed by atoms with Crippen LogP contribution in [0, 0.1) is 0 Å². The molecule has 14 heavy (non-hydrogen) atoms. The first kappa shape index (κ1) is 11.8. The monoisotopic (exact) mass is 211 g/mol. The zero-order valence-electron chi connectivity index (χ0n) is 8.22. The number of hydrogen-bond acceptors (Lipinski definition) is 2. The molecule has 1 aliphatic heterocycles. The summed E-state index contributed by atoms with van der Waals surface area (Å²) in [6.07, 6.45) is -2.64. The van der Waals surface area contributed by atoms with Crippen molar-refractivity contribution in [2.45, 2.75) is 44.5 Å². The Hall–Kier alpha value is -0.290. The van der Waals surface area contributed by atoms with Gasteiger partial charge in [0.1, 0.15) is 0 Å². The fourth-order valence-corrected chi connectivity index (χ4v) is 1.99. The predicted molar refractivity (Wildman–Crippen MR) is 46.9 cm³/mol. The highest BCUT2D eigenvalue weighted by Gasteiger charge is 2.36. The third-order valence-corrected chi connectivity index (χ3v) is 2.49. The van der Waals surface area contributed by atoms with Gasteiger partial charge in [-0.1, -0.05) is 0 Å². The van der Waals surface area contributed by atoms with Gasteiger partial charge in [-0.05, 0) is 32.7 Å². The number of hydrogen-bond donors (Lipinski definition) is 1. The van der Waals surface area contributed by atoms with Crippen LogP contribution in [0.15, 0.2) is 0 Å². The van der Waals surface area contributed by atoms with Crippen molar-refractivity contribution in [1.82, 2.24) is 4.90 Å². The van der Waals surface area contributed by atoms with E-state index in [-0.39, 0.29) is 6.04 Å². The van der Waals surface area contributed by atoms with Crippen molar-refractivity contribution >= 4 is 0 Å². The van der Waals surface area contributed by atoms with Gasteiger partial charge in [0.2, 0.25) is 0 Å². The minimum Gasteiger partial charge on any atom is -0.393 e. The van der Waals surface area contributed by atoms with Crippen LogP contribution in [0.1, 0.15) is 26.2 Å². The van der Waals surface area contributed by atoms with Gasteiger partial charge >= 0.3 is 6.18 Å². The normalized spacial score (nSPS) is 26.8. The van der Waals surface area contributed by atoms with Gasteiger partial charge in [0.15, 0.2) is 0 Å². The molecule has 0 bridgehead atoms. The molecule has 0 aromatic heterocycles. The van der Waals surface area contributed by atoms with E-state index in [1.54, 1.807) is 6.92 Å². The maximum atomic E-state index is 12.1. The summed E-state index contributed by atoms with van der Waals surface area (Å²) in [5.41, 5.74) is 0. The predicted octanol–water partition coefficient (Wildman–Crippen LogP) is 1.78. The molecule has 2 atom stereocenters. The zero-order valence-corrected chi connectivity index (χ0v) is 8.22. The van der Waals surface area contributed by atoms with Gasteiger partial charge in [0.25, 0.3) is 0 Å². The average Bonchev–Trinajstić information content (AvgIpc) is 2.32. The second-order valence-corrected chi connectivity index (χ2v) is 3.97.